The first-order valence-corrected chi connectivity index (χ1v) is 9.82. The van der Waals surface area contributed by atoms with E-state index in [1.807, 2.05) is 4.90 Å². The predicted molar refractivity (Wildman–Crippen MR) is 114 cm³/mol. The van der Waals surface area contributed by atoms with Crippen LogP contribution in [0.4, 0.5) is 0 Å². The Kier molecular flexibility index (Phi) is 6.23. The van der Waals surface area contributed by atoms with E-state index in [-0.39, 0.29) is 24.1 Å². The maximum Gasteiger partial charge on any atom is 0.227 e. The highest BCUT2D eigenvalue weighted by Gasteiger charge is 2.47. The van der Waals surface area contributed by atoms with Crippen LogP contribution in [0.15, 0.2) is 42.5 Å². The number of rotatable bonds is 3. The van der Waals surface area contributed by atoms with Crippen LogP contribution in [0.2, 0.25) is 5.02 Å². The van der Waals surface area contributed by atoms with E-state index in [0.717, 1.165) is 25.2 Å². The third-order valence-electron chi connectivity index (χ3n) is 6.12. The zero-order chi connectivity index (χ0) is 19.1. The lowest BCUT2D eigenvalue weighted by Gasteiger charge is -2.28. The molecule has 2 aromatic carbocycles. The van der Waals surface area contributed by atoms with Gasteiger partial charge < -0.3 is 10.0 Å². The van der Waals surface area contributed by atoms with E-state index in [9.17, 15) is 9.90 Å². The summed E-state index contributed by atoms with van der Waals surface area (Å²) in [4.78, 5) is 17.3. The van der Waals surface area contributed by atoms with Gasteiger partial charge in [0.2, 0.25) is 5.91 Å². The summed E-state index contributed by atoms with van der Waals surface area (Å²) >= 11 is 5.97. The highest BCUT2D eigenvalue weighted by Crippen LogP contribution is 2.44. The van der Waals surface area contributed by atoms with Crippen molar-refractivity contribution >= 4 is 29.9 Å². The SMILES string of the molecule is Cc1ccccc1[C@@H]1[C@@H]2CN(C(=O)Cc3ccc(O)c(Cl)c3)C[C@@H]2CN1C.Cl. The molecule has 0 aliphatic carbocycles. The van der Waals surface area contributed by atoms with Gasteiger partial charge in [-0.15, -0.1) is 12.4 Å². The lowest BCUT2D eigenvalue weighted by atomic mass is 9.88. The summed E-state index contributed by atoms with van der Waals surface area (Å²) in [5, 5.41) is 9.84. The topological polar surface area (TPSA) is 43.8 Å². The van der Waals surface area contributed by atoms with Gasteiger partial charge in [0.05, 0.1) is 11.4 Å². The van der Waals surface area contributed by atoms with Gasteiger partial charge in [-0.1, -0.05) is 41.9 Å². The molecule has 2 aromatic rings. The van der Waals surface area contributed by atoms with Crippen LogP contribution in [0.3, 0.4) is 0 Å². The third-order valence-corrected chi connectivity index (χ3v) is 6.42. The van der Waals surface area contributed by atoms with Crippen molar-refractivity contribution in [3.63, 3.8) is 0 Å². The summed E-state index contributed by atoms with van der Waals surface area (Å²) in [5.74, 6) is 1.18. The summed E-state index contributed by atoms with van der Waals surface area (Å²) in [6.07, 6.45) is 0.324. The molecule has 0 aromatic heterocycles. The Morgan fingerprint density at radius 3 is 2.64 bits per heavy atom. The Morgan fingerprint density at radius 2 is 1.93 bits per heavy atom. The molecule has 4 nitrogen and oxygen atoms in total. The lowest BCUT2D eigenvalue weighted by molar-refractivity contribution is -0.129. The van der Waals surface area contributed by atoms with Crippen LogP contribution in [-0.4, -0.2) is 47.5 Å². The van der Waals surface area contributed by atoms with E-state index >= 15 is 0 Å². The molecule has 0 saturated carbocycles. The van der Waals surface area contributed by atoms with Crippen molar-refractivity contribution in [2.24, 2.45) is 11.8 Å². The molecule has 2 aliphatic rings. The average molecular weight is 421 g/mol. The van der Waals surface area contributed by atoms with Crippen LogP contribution in [0.5, 0.6) is 5.75 Å². The number of phenols is 1. The first-order chi connectivity index (χ1) is 12.9. The molecule has 0 bridgehead atoms. The number of aryl methyl sites for hydroxylation is 1. The molecule has 150 valence electrons. The molecule has 0 radical (unpaired) electrons. The van der Waals surface area contributed by atoms with Crippen molar-refractivity contribution in [3.8, 4) is 5.75 Å². The van der Waals surface area contributed by atoms with E-state index < -0.39 is 0 Å². The van der Waals surface area contributed by atoms with E-state index in [0.29, 0.717) is 29.3 Å². The van der Waals surface area contributed by atoms with Crippen molar-refractivity contribution < 1.29 is 9.90 Å². The molecule has 0 spiro atoms. The van der Waals surface area contributed by atoms with Crippen LogP contribution < -0.4 is 0 Å². The fourth-order valence-corrected chi connectivity index (χ4v) is 5.00. The van der Waals surface area contributed by atoms with Gasteiger partial charge in [0, 0.05) is 31.6 Å². The second-order valence-electron chi connectivity index (χ2n) is 7.93. The monoisotopic (exact) mass is 420 g/mol. The van der Waals surface area contributed by atoms with E-state index in [1.54, 1.807) is 18.2 Å². The Bertz CT molecular complexity index is 873. The number of halogens is 2. The summed E-state index contributed by atoms with van der Waals surface area (Å²) in [6, 6.07) is 13.9. The molecule has 2 heterocycles. The fraction of sp³-hybridized carbons (Fsp3) is 0.409. The first-order valence-electron chi connectivity index (χ1n) is 9.45. The Labute approximate surface area is 177 Å². The number of aromatic hydroxyl groups is 1. The van der Waals surface area contributed by atoms with Crippen molar-refractivity contribution in [2.45, 2.75) is 19.4 Å². The first kappa shape index (κ1) is 21.0. The zero-order valence-electron chi connectivity index (χ0n) is 16.1. The van der Waals surface area contributed by atoms with E-state index in [1.165, 1.54) is 11.1 Å². The number of benzene rings is 2. The Morgan fingerprint density at radius 1 is 1.18 bits per heavy atom. The second kappa shape index (κ2) is 8.32. The van der Waals surface area contributed by atoms with Gasteiger partial charge in [0.15, 0.2) is 0 Å². The number of likely N-dealkylation sites (tertiary alicyclic amines) is 2. The largest absolute Gasteiger partial charge is 0.506 e. The summed E-state index contributed by atoms with van der Waals surface area (Å²) < 4.78 is 0. The van der Waals surface area contributed by atoms with Crippen LogP contribution in [-0.2, 0) is 11.2 Å². The molecule has 6 heteroatoms. The molecule has 2 aliphatic heterocycles. The van der Waals surface area contributed by atoms with Gasteiger partial charge in [-0.25, -0.2) is 0 Å². The van der Waals surface area contributed by atoms with Gasteiger partial charge in [-0.2, -0.15) is 0 Å². The van der Waals surface area contributed by atoms with Crippen molar-refractivity contribution in [2.75, 3.05) is 26.7 Å². The van der Waals surface area contributed by atoms with Crippen LogP contribution in [0, 0.1) is 18.8 Å². The Balaban J connectivity index is 0.00000225. The molecule has 3 atom stereocenters. The van der Waals surface area contributed by atoms with Crippen LogP contribution in [0.1, 0.15) is 22.7 Å². The predicted octanol–water partition coefficient (Wildman–Crippen LogP) is 4.08. The van der Waals surface area contributed by atoms with Crippen molar-refractivity contribution in [1.82, 2.24) is 9.80 Å². The van der Waals surface area contributed by atoms with E-state index in [2.05, 4.69) is 43.1 Å². The number of hydrogen-bond donors (Lipinski definition) is 1. The molecule has 2 saturated heterocycles. The number of phenolic OH excluding ortho intramolecular Hbond substituents is 1. The fourth-order valence-electron chi connectivity index (χ4n) is 4.79. The number of carbonyl (C=O) groups excluding carboxylic acids is 1. The molecular formula is C22H26Cl2N2O2. The standard InChI is InChI=1S/C22H25ClN2O2.ClH/c1-14-5-3-4-6-17(14)22-18-13-25(12-16(18)11-24(22)2)21(27)10-15-7-8-20(26)19(23)9-15;/h3-9,16,18,22,26H,10-13H2,1-2H3;1H/t16-,18+,22+;/m0./s1. The maximum atomic E-state index is 12.8. The van der Waals surface area contributed by atoms with Gasteiger partial charge in [0.25, 0.3) is 0 Å². The van der Waals surface area contributed by atoms with Gasteiger partial charge >= 0.3 is 0 Å². The van der Waals surface area contributed by atoms with Crippen molar-refractivity contribution in [3.05, 3.63) is 64.2 Å². The third kappa shape index (κ3) is 3.86. The minimum absolute atomic E-state index is 0. The molecule has 1 N–H and O–H groups in total. The van der Waals surface area contributed by atoms with Gasteiger partial charge in [0.1, 0.15) is 5.75 Å². The maximum absolute atomic E-state index is 12.8. The second-order valence-corrected chi connectivity index (χ2v) is 8.33. The van der Waals surface area contributed by atoms with Crippen molar-refractivity contribution in [1.29, 1.82) is 0 Å². The normalized spacial score (nSPS) is 24.1. The smallest absolute Gasteiger partial charge is 0.227 e. The number of amides is 1. The van der Waals surface area contributed by atoms with Crippen LogP contribution in [0.25, 0.3) is 0 Å². The molecule has 2 fully saturated rings. The van der Waals surface area contributed by atoms with Crippen LogP contribution >= 0.6 is 24.0 Å². The number of carbonyl (C=O) groups is 1. The number of hydrogen-bond acceptors (Lipinski definition) is 3. The Hall–Kier alpha value is -1.75. The zero-order valence-corrected chi connectivity index (χ0v) is 17.7. The lowest BCUT2D eigenvalue weighted by Crippen LogP contribution is -2.34. The minimum atomic E-state index is 0. The molecule has 0 unspecified atom stereocenters. The summed E-state index contributed by atoms with van der Waals surface area (Å²) in [6.45, 7) is 4.82. The summed E-state index contributed by atoms with van der Waals surface area (Å²) in [5.41, 5.74) is 3.54. The highest BCUT2D eigenvalue weighted by molar-refractivity contribution is 6.32. The molecule has 1 amide bonds. The molecular weight excluding hydrogens is 395 g/mol. The van der Waals surface area contributed by atoms with Gasteiger partial charge in [-0.3, -0.25) is 9.69 Å². The molecule has 28 heavy (non-hydrogen) atoms. The highest BCUT2D eigenvalue weighted by atomic mass is 35.5. The van der Waals surface area contributed by atoms with Gasteiger partial charge in [-0.05, 0) is 48.7 Å². The average Bonchev–Trinajstić information content (AvgIpc) is 3.16. The minimum Gasteiger partial charge on any atom is -0.506 e. The quantitative estimate of drug-likeness (QED) is 0.813. The number of fused-ring (bicyclic) bond motifs is 1. The number of nitrogens with zero attached hydrogens (tertiary/aromatic N) is 2. The molecule has 4 rings (SSSR count). The van der Waals surface area contributed by atoms with E-state index in [4.69, 9.17) is 11.6 Å². The summed E-state index contributed by atoms with van der Waals surface area (Å²) in [7, 11) is 2.19.